The van der Waals surface area contributed by atoms with Gasteiger partial charge in [-0.2, -0.15) is 11.8 Å². The fourth-order valence-electron chi connectivity index (χ4n) is 4.96. The van der Waals surface area contributed by atoms with Crippen molar-refractivity contribution in [3.63, 3.8) is 0 Å². The molecule has 0 spiro atoms. The maximum Gasteiger partial charge on any atom is 0.407 e. The Labute approximate surface area is 210 Å². The maximum atomic E-state index is 13.0. The number of nitrogens with one attached hydrogen (secondary N) is 1. The second-order valence-electron chi connectivity index (χ2n) is 9.52. The Morgan fingerprint density at radius 1 is 1.09 bits per heavy atom. The standard InChI is InChI=1S/C27H32N2O5S/c1-27(18-11-12-18,15-24(30)29(13-14-35-2)16-25(31)32)28-26(33)34-17-23-21-9-5-3-7-19(21)20-8-4-6-10-22(20)23/h3-10,18,23H,11-17H2,1-2H3,(H,28,33)(H,31,32). The highest BCUT2D eigenvalue weighted by atomic mass is 32.2. The van der Waals surface area contributed by atoms with Crippen molar-refractivity contribution in [2.75, 3.05) is 31.7 Å². The van der Waals surface area contributed by atoms with Crippen LogP contribution in [0.25, 0.3) is 11.1 Å². The molecular weight excluding hydrogens is 464 g/mol. The van der Waals surface area contributed by atoms with E-state index in [1.807, 2.05) is 37.4 Å². The number of carbonyl (C=O) groups excluding carboxylic acids is 2. The first-order valence-corrected chi connectivity index (χ1v) is 13.3. The zero-order valence-electron chi connectivity index (χ0n) is 20.2. The highest BCUT2D eigenvalue weighted by Crippen LogP contribution is 2.45. The highest BCUT2D eigenvalue weighted by molar-refractivity contribution is 7.98. The first-order chi connectivity index (χ1) is 16.8. The highest BCUT2D eigenvalue weighted by Gasteiger charge is 2.45. The third-order valence-electron chi connectivity index (χ3n) is 6.97. The molecule has 2 amide bonds. The van der Waals surface area contributed by atoms with Gasteiger partial charge in [-0.05, 0) is 54.2 Å². The molecule has 1 atom stereocenters. The van der Waals surface area contributed by atoms with Gasteiger partial charge >= 0.3 is 12.1 Å². The molecule has 0 aromatic heterocycles. The molecule has 1 saturated carbocycles. The fraction of sp³-hybridized carbons (Fsp3) is 0.444. The summed E-state index contributed by atoms with van der Waals surface area (Å²) in [6, 6.07) is 16.3. The molecule has 35 heavy (non-hydrogen) atoms. The molecule has 7 nitrogen and oxygen atoms in total. The van der Waals surface area contributed by atoms with E-state index in [2.05, 4.69) is 29.6 Å². The number of nitrogens with zero attached hydrogens (tertiary/aromatic N) is 1. The second kappa shape index (κ2) is 10.7. The number of carbonyl (C=O) groups is 3. The number of hydrogen-bond donors (Lipinski definition) is 2. The number of rotatable bonds is 11. The zero-order chi connectivity index (χ0) is 25.0. The molecule has 0 saturated heterocycles. The molecule has 0 aliphatic heterocycles. The van der Waals surface area contributed by atoms with Gasteiger partial charge in [-0.25, -0.2) is 4.79 Å². The van der Waals surface area contributed by atoms with E-state index in [-0.39, 0.29) is 37.3 Å². The Morgan fingerprint density at radius 3 is 2.23 bits per heavy atom. The minimum absolute atomic E-state index is 0.0421. The molecule has 2 N–H and O–H groups in total. The van der Waals surface area contributed by atoms with Crippen molar-refractivity contribution in [2.24, 2.45) is 5.92 Å². The molecule has 0 radical (unpaired) electrons. The Morgan fingerprint density at radius 2 is 1.69 bits per heavy atom. The molecule has 2 aromatic carbocycles. The summed E-state index contributed by atoms with van der Waals surface area (Å²) in [5.74, 6) is -0.538. The van der Waals surface area contributed by atoms with Crippen molar-refractivity contribution in [3.05, 3.63) is 59.7 Å². The lowest BCUT2D eigenvalue weighted by Crippen LogP contribution is -2.52. The van der Waals surface area contributed by atoms with Crippen molar-refractivity contribution in [1.82, 2.24) is 10.2 Å². The molecule has 1 fully saturated rings. The van der Waals surface area contributed by atoms with E-state index in [9.17, 15) is 19.5 Å². The summed E-state index contributed by atoms with van der Waals surface area (Å²) in [5, 5.41) is 12.2. The smallest absolute Gasteiger partial charge is 0.407 e. The van der Waals surface area contributed by atoms with Gasteiger partial charge < -0.3 is 20.1 Å². The van der Waals surface area contributed by atoms with E-state index in [0.29, 0.717) is 12.3 Å². The fourth-order valence-corrected chi connectivity index (χ4v) is 5.36. The topological polar surface area (TPSA) is 95.9 Å². The van der Waals surface area contributed by atoms with Gasteiger partial charge in [0.05, 0.1) is 12.0 Å². The van der Waals surface area contributed by atoms with E-state index in [0.717, 1.165) is 35.1 Å². The van der Waals surface area contributed by atoms with Gasteiger partial charge in [-0.15, -0.1) is 0 Å². The van der Waals surface area contributed by atoms with E-state index in [4.69, 9.17) is 4.74 Å². The average molecular weight is 497 g/mol. The molecule has 8 heteroatoms. The summed E-state index contributed by atoms with van der Waals surface area (Å²) >= 11 is 1.55. The van der Waals surface area contributed by atoms with Crippen LogP contribution in [0.3, 0.4) is 0 Å². The number of amides is 2. The first kappa shape index (κ1) is 25.1. The Bertz CT molecular complexity index is 1060. The number of alkyl carbamates (subject to hydrolysis) is 1. The van der Waals surface area contributed by atoms with E-state index < -0.39 is 17.6 Å². The number of fused-ring (bicyclic) bond motifs is 3. The van der Waals surface area contributed by atoms with Gasteiger partial charge in [0.15, 0.2) is 0 Å². The summed E-state index contributed by atoms with van der Waals surface area (Å²) < 4.78 is 5.71. The molecule has 0 heterocycles. The Balaban J connectivity index is 1.41. The summed E-state index contributed by atoms with van der Waals surface area (Å²) in [6.45, 7) is 2.08. The average Bonchev–Trinajstić information content (AvgIpc) is 3.64. The number of carboxylic acid groups (broad SMARTS) is 1. The van der Waals surface area contributed by atoms with Gasteiger partial charge in [-0.1, -0.05) is 48.5 Å². The van der Waals surface area contributed by atoms with Crippen molar-refractivity contribution in [2.45, 2.75) is 37.6 Å². The summed E-state index contributed by atoms with van der Waals surface area (Å²) in [7, 11) is 0. The van der Waals surface area contributed by atoms with Crippen LogP contribution in [0.4, 0.5) is 4.79 Å². The lowest BCUT2D eigenvalue weighted by atomic mass is 9.91. The number of thioether (sulfide) groups is 1. The largest absolute Gasteiger partial charge is 0.480 e. The molecule has 4 rings (SSSR count). The maximum absolute atomic E-state index is 13.0. The van der Waals surface area contributed by atoms with E-state index in [1.54, 1.807) is 11.8 Å². The monoisotopic (exact) mass is 496 g/mol. The van der Waals surface area contributed by atoms with E-state index >= 15 is 0 Å². The normalized spacial score (nSPS) is 16.1. The molecule has 0 bridgehead atoms. The lowest BCUT2D eigenvalue weighted by Gasteiger charge is -2.32. The van der Waals surface area contributed by atoms with Crippen LogP contribution < -0.4 is 5.32 Å². The quantitative estimate of drug-likeness (QED) is 0.480. The van der Waals surface area contributed by atoms with Crippen molar-refractivity contribution >= 4 is 29.7 Å². The molecule has 2 aliphatic carbocycles. The van der Waals surface area contributed by atoms with Crippen LogP contribution >= 0.6 is 11.8 Å². The van der Waals surface area contributed by atoms with Gasteiger partial charge in [0.1, 0.15) is 13.2 Å². The van der Waals surface area contributed by atoms with Gasteiger partial charge in [0.2, 0.25) is 5.91 Å². The predicted octanol–water partition coefficient (Wildman–Crippen LogP) is 4.36. The summed E-state index contributed by atoms with van der Waals surface area (Å²) in [5.41, 5.74) is 3.82. The van der Waals surface area contributed by atoms with Crippen molar-refractivity contribution in [1.29, 1.82) is 0 Å². The SMILES string of the molecule is CSCCN(CC(=O)O)C(=O)CC(C)(NC(=O)OCC1c2ccccc2-c2ccccc21)C1CC1. The zero-order valence-corrected chi connectivity index (χ0v) is 21.0. The molecular formula is C27H32N2O5S. The number of benzene rings is 2. The third-order valence-corrected chi connectivity index (χ3v) is 7.56. The Hall–Kier alpha value is -3.00. The van der Waals surface area contributed by atoms with Gasteiger partial charge in [0.25, 0.3) is 0 Å². The third kappa shape index (κ3) is 5.81. The van der Waals surface area contributed by atoms with Crippen LogP contribution in [0.1, 0.15) is 43.2 Å². The van der Waals surface area contributed by atoms with Crippen LogP contribution in [0, 0.1) is 5.92 Å². The number of hydrogen-bond acceptors (Lipinski definition) is 5. The van der Waals surface area contributed by atoms with Crippen LogP contribution in [-0.4, -0.2) is 65.2 Å². The number of ether oxygens (including phenoxy) is 1. The molecule has 2 aromatic rings. The van der Waals surface area contributed by atoms with Gasteiger partial charge in [-0.3, -0.25) is 9.59 Å². The van der Waals surface area contributed by atoms with Crippen LogP contribution in [0.15, 0.2) is 48.5 Å². The van der Waals surface area contributed by atoms with Crippen molar-refractivity contribution in [3.8, 4) is 11.1 Å². The Kier molecular flexibility index (Phi) is 7.69. The van der Waals surface area contributed by atoms with Gasteiger partial charge in [0, 0.05) is 18.2 Å². The molecule has 2 aliphatic rings. The van der Waals surface area contributed by atoms with Crippen molar-refractivity contribution < 1.29 is 24.2 Å². The minimum atomic E-state index is -1.04. The van der Waals surface area contributed by atoms with Crippen LogP contribution in [0.2, 0.25) is 0 Å². The lowest BCUT2D eigenvalue weighted by molar-refractivity contribution is -0.144. The number of aliphatic carboxylic acids is 1. The first-order valence-electron chi connectivity index (χ1n) is 11.9. The van der Waals surface area contributed by atoms with Crippen LogP contribution in [0.5, 0.6) is 0 Å². The van der Waals surface area contributed by atoms with Crippen LogP contribution in [-0.2, 0) is 14.3 Å². The minimum Gasteiger partial charge on any atom is -0.480 e. The molecule has 1 unspecified atom stereocenters. The predicted molar refractivity (Wildman–Crippen MR) is 137 cm³/mol. The van der Waals surface area contributed by atoms with E-state index in [1.165, 1.54) is 4.90 Å². The molecule has 186 valence electrons. The number of carboxylic acids is 1. The second-order valence-corrected chi connectivity index (χ2v) is 10.5. The summed E-state index contributed by atoms with van der Waals surface area (Å²) in [6.07, 6.45) is 3.23. The summed E-state index contributed by atoms with van der Waals surface area (Å²) in [4.78, 5) is 38.6.